The molecule has 0 unspecified atom stereocenters. The zero-order valence-corrected chi connectivity index (χ0v) is 11.4. The fourth-order valence-electron chi connectivity index (χ4n) is 2.00. The van der Waals surface area contributed by atoms with Crippen LogP contribution in [0.25, 0.3) is 16.7 Å². The molecular formula is C13H11BrN4. The molecule has 0 aliphatic rings. The summed E-state index contributed by atoms with van der Waals surface area (Å²) >= 11 is 3.41. The second-order valence-electron chi connectivity index (χ2n) is 3.92. The zero-order chi connectivity index (χ0) is 12.5. The average Bonchev–Trinajstić information content (AvgIpc) is 2.85. The number of aryl methyl sites for hydroxylation is 1. The highest BCUT2D eigenvalue weighted by Gasteiger charge is 2.08. The maximum atomic E-state index is 4.45. The van der Waals surface area contributed by atoms with Crippen LogP contribution in [0.2, 0.25) is 0 Å². The molecule has 3 aromatic heterocycles. The lowest BCUT2D eigenvalue weighted by Crippen LogP contribution is -2.01. The average molecular weight is 303 g/mol. The highest BCUT2D eigenvalue weighted by molar-refractivity contribution is 9.10. The summed E-state index contributed by atoms with van der Waals surface area (Å²) in [6, 6.07) is 3.93. The van der Waals surface area contributed by atoms with Crippen LogP contribution in [0.15, 0.2) is 41.4 Å². The molecule has 0 aromatic carbocycles. The highest BCUT2D eigenvalue weighted by atomic mass is 79.9. The molecule has 5 heteroatoms. The molecule has 0 spiro atoms. The van der Waals surface area contributed by atoms with E-state index in [0.29, 0.717) is 0 Å². The molecule has 3 heterocycles. The summed E-state index contributed by atoms with van der Waals surface area (Å²) in [6.07, 6.45) is 8.23. The van der Waals surface area contributed by atoms with Crippen molar-refractivity contribution in [2.24, 2.45) is 0 Å². The van der Waals surface area contributed by atoms with Crippen LogP contribution in [-0.4, -0.2) is 19.5 Å². The van der Waals surface area contributed by atoms with Crippen molar-refractivity contribution >= 4 is 27.0 Å². The van der Waals surface area contributed by atoms with Gasteiger partial charge in [-0.15, -0.1) is 0 Å². The van der Waals surface area contributed by atoms with Crippen molar-refractivity contribution in [2.75, 3.05) is 0 Å². The molecule has 0 amide bonds. The second kappa shape index (κ2) is 4.49. The first-order chi connectivity index (χ1) is 8.79. The first kappa shape index (κ1) is 11.3. The third-order valence-corrected chi connectivity index (χ3v) is 3.25. The third kappa shape index (κ3) is 1.80. The van der Waals surface area contributed by atoms with E-state index in [2.05, 4.69) is 42.4 Å². The van der Waals surface area contributed by atoms with Crippen LogP contribution in [0.1, 0.15) is 12.7 Å². The normalized spacial score (nSPS) is 11.0. The van der Waals surface area contributed by atoms with Gasteiger partial charge in [-0.05, 0) is 28.1 Å². The number of hydrogen-bond acceptors (Lipinski definition) is 3. The Morgan fingerprint density at radius 1 is 1.22 bits per heavy atom. The smallest absolute Gasteiger partial charge is 0.113 e. The topological polar surface area (TPSA) is 43.6 Å². The van der Waals surface area contributed by atoms with E-state index >= 15 is 0 Å². The van der Waals surface area contributed by atoms with Crippen LogP contribution in [-0.2, 0) is 6.42 Å². The van der Waals surface area contributed by atoms with Gasteiger partial charge in [-0.3, -0.25) is 9.97 Å². The molecule has 90 valence electrons. The van der Waals surface area contributed by atoms with Gasteiger partial charge in [0.25, 0.3) is 0 Å². The van der Waals surface area contributed by atoms with Gasteiger partial charge in [0.05, 0.1) is 11.2 Å². The monoisotopic (exact) mass is 302 g/mol. The molecule has 0 radical (unpaired) electrons. The summed E-state index contributed by atoms with van der Waals surface area (Å²) < 4.78 is 2.99. The number of halogens is 1. The Labute approximate surface area is 113 Å². The van der Waals surface area contributed by atoms with E-state index in [4.69, 9.17) is 0 Å². The van der Waals surface area contributed by atoms with Crippen molar-refractivity contribution in [3.8, 4) is 5.69 Å². The summed E-state index contributed by atoms with van der Waals surface area (Å²) in [6.45, 7) is 2.09. The largest absolute Gasteiger partial charge is 0.301 e. The fourth-order valence-corrected chi connectivity index (χ4v) is 2.32. The molecule has 0 saturated heterocycles. The zero-order valence-electron chi connectivity index (χ0n) is 9.84. The minimum Gasteiger partial charge on any atom is -0.301 e. The van der Waals surface area contributed by atoms with Crippen molar-refractivity contribution in [2.45, 2.75) is 13.3 Å². The lowest BCUT2D eigenvalue weighted by atomic mass is 10.2. The van der Waals surface area contributed by atoms with E-state index in [0.717, 1.165) is 33.4 Å². The number of pyridine rings is 2. The number of nitrogens with zero attached hydrogens (tertiary/aromatic N) is 4. The summed E-state index contributed by atoms with van der Waals surface area (Å²) in [7, 11) is 0. The van der Waals surface area contributed by atoms with E-state index in [1.165, 1.54) is 0 Å². The molecule has 18 heavy (non-hydrogen) atoms. The number of fused-ring (bicyclic) bond motifs is 1. The number of aromatic nitrogens is 4. The highest BCUT2D eigenvalue weighted by Crippen LogP contribution is 2.22. The summed E-state index contributed by atoms with van der Waals surface area (Å²) in [4.78, 5) is 13.1. The third-order valence-electron chi connectivity index (χ3n) is 2.82. The van der Waals surface area contributed by atoms with Gasteiger partial charge < -0.3 is 4.57 Å². The molecule has 3 aromatic rings. The van der Waals surface area contributed by atoms with Crippen molar-refractivity contribution in [3.05, 3.63) is 47.2 Å². The fraction of sp³-hybridized carbons (Fsp3) is 0.154. The minimum absolute atomic E-state index is 0.873. The van der Waals surface area contributed by atoms with Crippen molar-refractivity contribution in [1.82, 2.24) is 19.5 Å². The minimum atomic E-state index is 0.873. The van der Waals surface area contributed by atoms with E-state index in [1.807, 2.05) is 24.5 Å². The number of hydrogen-bond donors (Lipinski definition) is 0. The summed E-state index contributed by atoms with van der Waals surface area (Å²) in [5.74, 6) is 1.02. The maximum Gasteiger partial charge on any atom is 0.113 e. The molecule has 0 aliphatic heterocycles. The van der Waals surface area contributed by atoms with Crippen LogP contribution in [0.3, 0.4) is 0 Å². The van der Waals surface area contributed by atoms with E-state index in [-0.39, 0.29) is 0 Å². The number of imidazole rings is 1. The van der Waals surface area contributed by atoms with Gasteiger partial charge in [0.1, 0.15) is 11.3 Å². The van der Waals surface area contributed by atoms with Crippen LogP contribution < -0.4 is 0 Å². The first-order valence-electron chi connectivity index (χ1n) is 5.72. The van der Waals surface area contributed by atoms with E-state index in [1.54, 1.807) is 12.4 Å². The Morgan fingerprint density at radius 3 is 2.94 bits per heavy atom. The van der Waals surface area contributed by atoms with Crippen molar-refractivity contribution < 1.29 is 0 Å². The molecule has 0 fully saturated rings. The Bertz CT molecular complexity index is 705. The van der Waals surface area contributed by atoms with Crippen molar-refractivity contribution in [3.63, 3.8) is 0 Å². The van der Waals surface area contributed by atoms with E-state index in [9.17, 15) is 0 Å². The van der Waals surface area contributed by atoms with Gasteiger partial charge in [0.2, 0.25) is 0 Å². The Balaban J connectivity index is 2.29. The van der Waals surface area contributed by atoms with Gasteiger partial charge >= 0.3 is 0 Å². The predicted molar refractivity (Wildman–Crippen MR) is 73.7 cm³/mol. The molecule has 0 aliphatic carbocycles. The van der Waals surface area contributed by atoms with Gasteiger partial charge in [0.15, 0.2) is 0 Å². The number of rotatable bonds is 2. The van der Waals surface area contributed by atoms with Crippen molar-refractivity contribution in [1.29, 1.82) is 0 Å². The summed E-state index contributed by atoms with van der Waals surface area (Å²) in [5.41, 5.74) is 2.77. The Morgan fingerprint density at radius 2 is 2.11 bits per heavy atom. The molecular weight excluding hydrogens is 292 g/mol. The van der Waals surface area contributed by atoms with Crippen LogP contribution in [0.4, 0.5) is 0 Å². The SMILES string of the molecule is CCc1nccn1-c1ccnc2cc(Br)cnc12. The second-order valence-corrected chi connectivity index (χ2v) is 4.83. The predicted octanol–water partition coefficient (Wildman–Crippen LogP) is 3.14. The molecule has 0 atom stereocenters. The Hall–Kier alpha value is -1.75. The van der Waals surface area contributed by atoms with Crippen LogP contribution in [0.5, 0.6) is 0 Å². The van der Waals surface area contributed by atoms with E-state index < -0.39 is 0 Å². The first-order valence-corrected chi connectivity index (χ1v) is 6.51. The summed E-state index contributed by atoms with van der Waals surface area (Å²) in [5, 5.41) is 0. The van der Waals surface area contributed by atoms with Gasteiger partial charge in [-0.1, -0.05) is 6.92 Å². The lowest BCUT2D eigenvalue weighted by Gasteiger charge is -2.08. The standard InChI is InChI=1S/C13H11BrN4/c1-2-12-16-5-6-18(12)11-3-4-15-10-7-9(14)8-17-13(10)11/h3-8H,2H2,1H3. The lowest BCUT2D eigenvalue weighted by molar-refractivity contribution is 0.893. The quantitative estimate of drug-likeness (QED) is 0.730. The molecule has 0 saturated carbocycles. The Kier molecular flexibility index (Phi) is 2.83. The van der Waals surface area contributed by atoms with Gasteiger partial charge in [-0.25, -0.2) is 4.98 Å². The molecule has 4 nitrogen and oxygen atoms in total. The molecule has 0 N–H and O–H groups in total. The molecule has 0 bridgehead atoms. The van der Waals surface area contributed by atoms with Crippen LogP contribution >= 0.6 is 15.9 Å². The van der Waals surface area contributed by atoms with Gasteiger partial charge in [0, 0.05) is 35.7 Å². The molecule has 3 rings (SSSR count). The van der Waals surface area contributed by atoms with Crippen LogP contribution in [0, 0.1) is 0 Å². The van der Waals surface area contributed by atoms with Gasteiger partial charge in [-0.2, -0.15) is 0 Å². The maximum absolute atomic E-state index is 4.45.